The highest BCUT2D eigenvalue weighted by Crippen LogP contribution is 2.01. The van der Waals surface area contributed by atoms with E-state index in [2.05, 4.69) is 24.5 Å². The zero-order valence-corrected chi connectivity index (χ0v) is 11.0. The van der Waals surface area contributed by atoms with Crippen LogP contribution < -0.4 is 10.6 Å². The molecule has 6 nitrogen and oxygen atoms in total. The molecule has 3 N–H and O–H groups in total. The van der Waals surface area contributed by atoms with Crippen molar-refractivity contribution in [3.05, 3.63) is 0 Å². The van der Waals surface area contributed by atoms with Gasteiger partial charge in [-0.2, -0.15) is 0 Å². The Balaban J connectivity index is 3.55. The summed E-state index contributed by atoms with van der Waals surface area (Å²) in [6.07, 6.45) is 2.11. The number of nitrogens with one attached hydrogen (secondary N) is 2. The molecule has 0 aliphatic heterocycles. The second kappa shape index (κ2) is 9.44. The Morgan fingerprint density at radius 3 is 2.33 bits per heavy atom. The molecule has 3 amide bonds. The average Bonchev–Trinajstić information content (AvgIpc) is 2.23. The molecule has 0 aliphatic carbocycles. The third-order valence-electron chi connectivity index (χ3n) is 2.29. The molecule has 0 aromatic rings. The van der Waals surface area contributed by atoms with Crippen LogP contribution in [-0.2, 0) is 9.59 Å². The van der Waals surface area contributed by atoms with Gasteiger partial charge in [-0.05, 0) is 25.2 Å². The van der Waals surface area contributed by atoms with E-state index in [0.29, 0.717) is 12.5 Å². The molecular weight excluding hydrogens is 236 g/mol. The molecule has 0 fully saturated rings. The van der Waals surface area contributed by atoms with E-state index in [1.165, 1.54) is 0 Å². The van der Waals surface area contributed by atoms with Crippen molar-refractivity contribution >= 4 is 17.9 Å². The first-order valence-corrected chi connectivity index (χ1v) is 6.21. The van der Waals surface area contributed by atoms with Crippen molar-refractivity contribution in [1.82, 2.24) is 10.6 Å². The number of urea groups is 1. The molecule has 0 bridgehead atoms. The van der Waals surface area contributed by atoms with E-state index >= 15 is 0 Å². The molecule has 0 atom stereocenters. The van der Waals surface area contributed by atoms with Crippen molar-refractivity contribution in [2.75, 3.05) is 6.54 Å². The Bertz CT molecular complexity index is 290. The maximum Gasteiger partial charge on any atom is 0.321 e. The van der Waals surface area contributed by atoms with Gasteiger partial charge in [-0.1, -0.05) is 13.8 Å². The Morgan fingerprint density at radius 2 is 1.78 bits per heavy atom. The van der Waals surface area contributed by atoms with Gasteiger partial charge in [0.25, 0.3) is 0 Å². The number of rotatable bonds is 8. The fourth-order valence-corrected chi connectivity index (χ4v) is 1.35. The monoisotopic (exact) mass is 258 g/mol. The zero-order valence-electron chi connectivity index (χ0n) is 11.0. The number of imide groups is 1. The molecule has 18 heavy (non-hydrogen) atoms. The lowest BCUT2D eigenvalue weighted by Crippen LogP contribution is -2.39. The predicted octanol–water partition coefficient (Wildman–Crippen LogP) is 1.50. The van der Waals surface area contributed by atoms with E-state index in [1.807, 2.05) is 0 Å². The topological polar surface area (TPSA) is 95.5 Å². The summed E-state index contributed by atoms with van der Waals surface area (Å²) in [5.74, 6) is -0.800. The molecule has 0 saturated carbocycles. The number of carboxylic acid groups (broad SMARTS) is 1. The number of hydrogen-bond acceptors (Lipinski definition) is 3. The van der Waals surface area contributed by atoms with Crippen LogP contribution in [0, 0.1) is 5.92 Å². The first kappa shape index (κ1) is 16.4. The number of aliphatic carboxylic acids is 1. The van der Waals surface area contributed by atoms with Gasteiger partial charge in [-0.15, -0.1) is 0 Å². The lowest BCUT2D eigenvalue weighted by atomic mass is 10.1. The van der Waals surface area contributed by atoms with Crippen LogP contribution in [0.4, 0.5) is 4.79 Å². The Kier molecular flexibility index (Phi) is 8.61. The molecule has 0 rings (SSSR count). The highest BCUT2D eigenvalue weighted by molar-refractivity contribution is 5.94. The maximum absolute atomic E-state index is 11.2. The van der Waals surface area contributed by atoms with Gasteiger partial charge < -0.3 is 10.4 Å². The van der Waals surface area contributed by atoms with E-state index in [1.54, 1.807) is 0 Å². The zero-order chi connectivity index (χ0) is 14.0. The summed E-state index contributed by atoms with van der Waals surface area (Å²) in [5.41, 5.74) is 0. The lowest BCUT2D eigenvalue weighted by Gasteiger charge is -2.07. The summed E-state index contributed by atoms with van der Waals surface area (Å²) in [5, 5.41) is 13.1. The fraction of sp³-hybridized carbons (Fsp3) is 0.750. The Morgan fingerprint density at radius 1 is 1.11 bits per heavy atom. The van der Waals surface area contributed by atoms with Crippen molar-refractivity contribution in [3.63, 3.8) is 0 Å². The standard InChI is InChI=1S/C12H22N2O4/c1-9(2)5-4-8-13-12(18)14-10(15)6-3-7-11(16)17/h9H,3-8H2,1-2H3,(H,16,17)(H2,13,14,15,18). The Hall–Kier alpha value is -1.59. The van der Waals surface area contributed by atoms with Gasteiger partial charge in [0.15, 0.2) is 0 Å². The minimum absolute atomic E-state index is 0.0473. The minimum Gasteiger partial charge on any atom is -0.481 e. The smallest absolute Gasteiger partial charge is 0.321 e. The van der Waals surface area contributed by atoms with Gasteiger partial charge in [-0.3, -0.25) is 14.9 Å². The van der Waals surface area contributed by atoms with Crippen LogP contribution in [0.3, 0.4) is 0 Å². The van der Waals surface area contributed by atoms with Crippen molar-refractivity contribution in [2.45, 2.75) is 46.0 Å². The average molecular weight is 258 g/mol. The molecule has 0 radical (unpaired) electrons. The molecule has 0 aromatic heterocycles. The minimum atomic E-state index is -0.944. The second-order valence-corrected chi connectivity index (χ2v) is 4.59. The molecule has 0 saturated heterocycles. The number of carboxylic acids is 1. The molecular formula is C12H22N2O4. The second-order valence-electron chi connectivity index (χ2n) is 4.59. The van der Waals surface area contributed by atoms with E-state index in [0.717, 1.165) is 12.8 Å². The van der Waals surface area contributed by atoms with Crippen molar-refractivity contribution in [3.8, 4) is 0 Å². The van der Waals surface area contributed by atoms with Crippen LogP contribution in [0.25, 0.3) is 0 Å². The number of carbonyl (C=O) groups excluding carboxylic acids is 2. The van der Waals surface area contributed by atoms with Gasteiger partial charge in [0.05, 0.1) is 0 Å². The molecule has 0 unspecified atom stereocenters. The fourth-order valence-electron chi connectivity index (χ4n) is 1.35. The van der Waals surface area contributed by atoms with Gasteiger partial charge in [0, 0.05) is 19.4 Å². The van der Waals surface area contributed by atoms with Gasteiger partial charge in [0.2, 0.25) is 5.91 Å². The van der Waals surface area contributed by atoms with Gasteiger partial charge >= 0.3 is 12.0 Å². The van der Waals surface area contributed by atoms with Crippen LogP contribution >= 0.6 is 0 Å². The van der Waals surface area contributed by atoms with E-state index in [-0.39, 0.29) is 19.3 Å². The van der Waals surface area contributed by atoms with E-state index in [9.17, 15) is 14.4 Å². The van der Waals surface area contributed by atoms with Crippen LogP contribution in [0.15, 0.2) is 0 Å². The molecule has 104 valence electrons. The summed E-state index contributed by atoms with van der Waals surface area (Å²) < 4.78 is 0. The predicted molar refractivity (Wildman–Crippen MR) is 67.1 cm³/mol. The largest absolute Gasteiger partial charge is 0.481 e. The molecule has 6 heteroatoms. The summed E-state index contributed by atoms with van der Waals surface area (Å²) in [6.45, 7) is 4.74. The number of carbonyl (C=O) groups is 3. The summed E-state index contributed by atoms with van der Waals surface area (Å²) in [4.78, 5) is 32.7. The highest BCUT2D eigenvalue weighted by atomic mass is 16.4. The van der Waals surface area contributed by atoms with Crippen LogP contribution in [0.1, 0.15) is 46.0 Å². The van der Waals surface area contributed by atoms with Crippen molar-refractivity contribution in [2.24, 2.45) is 5.92 Å². The summed E-state index contributed by atoms with van der Waals surface area (Å²) in [7, 11) is 0. The SMILES string of the molecule is CC(C)CCCNC(=O)NC(=O)CCCC(=O)O. The first-order chi connectivity index (χ1) is 8.41. The molecule has 0 aliphatic rings. The van der Waals surface area contributed by atoms with Crippen LogP contribution in [-0.4, -0.2) is 29.6 Å². The number of amides is 3. The molecule has 0 spiro atoms. The number of hydrogen-bond donors (Lipinski definition) is 3. The quantitative estimate of drug-likeness (QED) is 0.575. The first-order valence-electron chi connectivity index (χ1n) is 6.21. The van der Waals surface area contributed by atoms with E-state index < -0.39 is 17.9 Å². The van der Waals surface area contributed by atoms with E-state index in [4.69, 9.17) is 5.11 Å². The molecule has 0 aromatic carbocycles. The van der Waals surface area contributed by atoms with Crippen LogP contribution in [0.2, 0.25) is 0 Å². The van der Waals surface area contributed by atoms with Crippen LogP contribution in [0.5, 0.6) is 0 Å². The Labute approximate surface area is 107 Å². The third-order valence-corrected chi connectivity index (χ3v) is 2.29. The maximum atomic E-state index is 11.2. The third kappa shape index (κ3) is 10.9. The normalized spacial score (nSPS) is 10.2. The lowest BCUT2D eigenvalue weighted by molar-refractivity contribution is -0.137. The van der Waals surface area contributed by atoms with Gasteiger partial charge in [0.1, 0.15) is 0 Å². The summed E-state index contributed by atoms with van der Waals surface area (Å²) >= 11 is 0. The van der Waals surface area contributed by atoms with Crippen molar-refractivity contribution in [1.29, 1.82) is 0 Å². The highest BCUT2D eigenvalue weighted by Gasteiger charge is 2.07. The molecule has 0 heterocycles. The summed E-state index contributed by atoms with van der Waals surface area (Å²) in [6, 6.07) is -0.515. The van der Waals surface area contributed by atoms with Gasteiger partial charge in [-0.25, -0.2) is 4.79 Å². The van der Waals surface area contributed by atoms with Crippen molar-refractivity contribution < 1.29 is 19.5 Å².